The maximum absolute atomic E-state index is 11.2. The van der Waals surface area contributed by atoms with Crippen LogP contribution in [0.3, 0.4) is 0 Å². The molecule has 0 radical (unpaired) electrons. The van der Waals surface area contributed by atoms with Gasteiger partial charge in [0, 0.05) is 6.54 Å². The minimum atomic E-state index is -0.385. The van der Waals surface area contributed by atoms with E-state index in [2.05, 4.69) is 46.3 Å². The molecule has 0 aliphatic heterocycles. The average Bonchev–Trinajstić information content (AvgIpc) is 2.63. The first kappa shape index (κ1) is 11.6. The van der Waals surface area contributed by atoms with Gasteiger partial charge in [0.05, 0.1) is 11.8 Å². The number of hydrogen-bond acceptors (Lipinski definition) is 4. The van der Waals surface area contributed by atoms with Crippen LogP contribution < -0.4 is 15.1 Å². The van der Waals surface area contributed by atoms with Gasteiger partial charge in [0.15, 0.2) is 13.0 Å². The van der Waals surface area contributed by atoms with Crippen molar-refractivity contribution in [3.63, 3.8) is 0 Å². The summed E-state index contributed by atoms with van der Waals surface area (Å²) in [6, 6.07) is 8.26. The molecular formula is C12H15N3O2. The van der Waals surface area contributed by atoms with Crippen LogP contribution in [0.4, 0.5) is 0 Å². The first-order valence-corrected chi connectivity index (χ1v) is 5.45. The van der Waals surface area contributed by atoms with Gasteiger partial charge in [0.25, 0.3) is 0 Å². The largest absolute Gasteiger partial charge is 0.539 e. The van der Waals surface area contributed by atoms with Gasteiger partial charge < -0.3 is 14.9 Å². The molecule has 0 spiro atoms. The number of nitrogens with zero attached hydrogens (tertiary/aromatic N) is 2. The lowest BCUT2D eigenvalue weighted by atomic mass is 10.1. The number of aryl methyl sites for hydroxylation is 2. The molecule has 0 bridgehead atoms. The Hall–Kier alpha value is -1.88. The molecule has 0 saturated heterocycles. The third-order valence-electron chi connectivity index (χ3n) is 2.61. The lowest BCUT2D eigenvalue weighted by Gasteiger charge is -2.03. The van der Waals surface area contributed by atoms with E-state index in [4.69, 9.17) is 0 Å². The number of benzene rings is 1. The van der Waals surface area contributed by atoms with Crippen LogP contribution in [0.1, 0.15) is 16.8 Å². The van der Waals surface area contributed by atoms with Crippen molar-refractivity contribution >= 4 is 0 Å². The van der Waals surface area contributed by atoms with Crippen molar-refractivity contribution < 1.29 is 14.3 Å². The van der Waals surface area contributed by atoms with Crippen LogP contribution in [-0.2, 0) is 20.1 Å². The third kappa shape index (κ3) is 2.82. The van der Waals surface area contributed by atoms with Crippen molar-refractivity contribution in [1.29, 1.82) is 0 Å². The molecule has 0 fully saturated rings. The van der Waals surface area contributed by atoms with E-state index < -0.39 is 0 Å². The van der Waals surface area contributed by atoms with E-state index in [1.165, 1.54) is 15.8 Å². The van der Waals surface area contributed by atoms with E-state index in [1.807, 2.05) is 0 Å². The Bertz CT molecular complexity index is 471. The molecule has 17 heavy (non-hydrogen) atoms. The smallest absolute Gasteiger partial charge is 0.246 e. The summed E-state index contributed by atoms with van der Waals surface area (Å²) in [7, 11) is 1.69. The van der Waals surface area contributed by atoms with E-state index in [0.29, 0.717) is 18.8 Å². The van der Waals surface area contributed by atoms with Gasteiger partial charge >= 0.3 is 0 Å². The second kappa shape index (κ2) is 4.97. The van der Waals surface area contributed by atoms with Crippen LogP contribution >= 0.6 is 0 Å². The summed E-state index contributed by atoms with van der Waals surface area (Å²) in [5.41, 5.74) is 2.94. The standard InChI is InChI=1S/C12H15N3O2/c1-9-3-5-10(6-4-9)7-13-8-11-12(16)17-14-15(11)2/h3-6,13H,7-8H2,1-2H3. The normalized spacial score (nSPS) is 10.7. The summed E-state index contributed by atoms with van der Waals surface area (Å²) in [4.78, 5) is 0. The fourth-order valence-electron chi connectivity index (χ4n) is 1.55. The Kier molecular flexibility index (Phi) is 3.39. The van der Waals surface area contributed by atoms with E-state index in [9.17, 15) is 5.11 Å². The zero-order valence-corrected chi connectivity index (χ0v) is 9.93. The van der Waals surface area contributed by atoms with Crippen LogP contribution in [0.15, 0.2) is 28.8 Å². The molecule has 0 amide bonds. The van der Waals surface area contributed by atoms with Crippen molar-refractivity contribution in [3.05, 3.63) is 41.1 Å². The van der Waals surface area contributed by atoms with Crippen molar-refractivity contribution in [2.75, 3.05) is 0 Å². The molecule has 2 rings (SSSR count). The molecule has 1 aromatic heterocycles. The van der Waals surface area contributed by atoms with Gasteiger partial charge in [0.2, 0.25) is 5.69 Å². The topological polar surface area (TPSA) is 65.0 Å². The van der Waals surface area contributed by atoms with E-state index >= 15 is 0 Å². The van der Waals surface area contributed by atoms with Crippen molar-refractivity contribution in [3.8, 4) is 5.95 Å². The molecule has 2 aromatic rings. The summed E-state index contributed by atoms with van der Waals surface area (Å²) in [6.45, 7) is 3.22. The Balaban J connectivity index is 1.90. The monoisotopic (exact) mass is 233 g/mol. The van der Waals surface area contributed by atoms with Gasteiger partial charge in [-0.25, -0.2) is 0 Å². The predicted molar refractivity (Wildman–Crippen MR) is 58.8 cm³/mol. The first-order chi connectivity index (χ1) is 8.16. The predicted octanol–water partition coefficient (Wildman–Crippen LogP) is 0.171. The van der Waals surface area contributed by atoms with E-state index in [-0.39, 0.29) is 5.95 Å². The van der Waals surface area contributed by atoms with Gasteiger partial charge in [-0.2, -0.15) is 0 Å². The summed E-state index contributed by atoms with van der Waals surface area (Å²) < 4.78 is 5.98. The maximum Gasteiger partial charge on any atom is 0.246 e. The van der Waals surface area contributed by atoms with Gasteiger partial charge in [-0.05, 0) is 12.5 Å². The Morgan fingerprint density at radius 3 is 2.59 bits per heavy atom. The highest BCUT2D eigenvalue weighted by molar-refractivity contribution is 5.21. The highest BCUT2D eigenvalue weighted by atomic mass is 16.6. The SMILES string of the molecule is Cc1ccc(CNCc2c([O-])on[n+]2C)cc1. The molecular weight excluding hydrogens is 218 g/mol. The highest BCUT2D eigenvalue weighted by Gasteiger charge is 2.11. The van der Waals surface area contributed by atoms with E-state index in [0.717, 1.165) is 0 Å². The van der Waals surface area contributed by atoms with Crippen molar-refractivity contribution in [1.82, 2.24) is 10.6 Å². The van der Waals surface area contributed by atoms with Gasteiger partial charge in [-0.15, -0.1) is 0 Å². The number of hydrogen-bond donors (Lipinski definition) is 1. The molecule has 1 N–H and O–H groups in total. The summed E-state index contributed by atoms with van der Waals surface area (Å²) in [5, 5.41) is 18.0. The van der Waals surface area contributed by atoms with Gasteiger partial charge in [-0.3, -0.25) is 0 Å². The highest BCUT2D eigenvalue weighted by Crippen LogP contribution is 2.06. The molecule has 90 valence electrons. The molecule has 1 aromatic carbocycles. The summed E-state index contributed by atoms with van der Waals surface area (Å²) >= 11 is 0. The van der Waals surface area contributed by atoms with Gasteiger partial charge in [0.1, 0.15) is 0 Å². The maximum atomic E-state index is 11.2. The Morgan fingerprint density at radius 1 is 1.29 bits per heavy atom. The minimum absolute atomic E-state index is 0.385. The molecule has 5 nitrogen and oxygen atoms in total. The van der Waals surface area contributed by atoms with Crippen LogP contribution in [0.25, 0.3) is 0 Å². The van der Waals surface area contributed by atoms with Crippen LogP contribution in [-0.4, -0.2) is 5.27 Å². The van der Waals surface area contributed by atoms with E-state index in [1.54, 1.807) is 7.05 Å². The molecule has 5 heteroatoms. The minimum Gasteiger partial charge on any atom is -0.539 e. The molecule has 0 saturated carbocycles. The second-order valence-corrected chi connectivity index (χ2v) is 4.02. The van der Waals surface area contributed by atoms with Crippen molar-refractivity contribution in [2.24, 2.45) is 7.05 Å². The number of aromatic nitrogens is 2. The molecule has 1 heterocycles. The summed E-state index contributed by atoms with van der Waals surface area (Å²) in [5.74, 6) is -0.385. The van der Waals surface area contributed by atoms with Crippen LogP contribution in [0.2, 0.25) is 0 Å². The number of nitrogens with one attached hydrogen (secondary N) is 1. The fourth-order valence-corrected chi connectivity index (χ4v) is 1.55. The van der Waals surface area contributed by atoms with Crippen LogP contribution in [0.5, 0.6) is 5.95 Å². The zero-order valence-electron chi connectivity index (χ0n) is 9.93. The lowest BCUT2D eigenvalue weighted by Crippen LogP contribution is -2.36. The fraction of sp³-hybridized carbons (Fsp3) is 0.333. The Labute approximate surface area is 99.7 Å². The average molecular weight is 233 g/mol. The van der Waals surface area contributed by atoms with Crippen molar-refractivity contribution in [2.45, 2.75) is 20.0 Å². The molecule has 0 aliphatic rings. The molecule has 0 unspecified atom stereocenters. The Morgan fingerprint density at radius 2 is 2.00 bits per heavy atom. The quantitative estimate of drug-likeness (QED) is 0.765. The second-order valence-electron chi connectivity index (χ2n) is 4.02. The zero-order chi connectivity index (χ0) is 12.3. The molecule has 0 aliphatic carbocycles. The lowest BCUT2D eigenvalue weighted by molar-refractivity contribution is -0.746. The number of rotatable bonds is 4. The molecule has 0 atom stereocenters. The summed E-state index contributed by atoms with van der Waals surface area (Å²) in [6.07, 6.45) is 0. The van der Waals surface area contributed by atoms with Gasteiger partial charge in [-0.1, -0.05) is 34.5 Å². The third-order valence-corrected chi connectivity index (χ3v) is 2.61. The first-order valence-electron chi connectivity index (χ1n) is 5.45. The van der Waals surface area contributed by atoms with Crippen LogP contribution in [0, 0.1) is 6.92 Å².